The molecule has 1 saturated carbocycles. The first-order valence-electron chi connectivity index (χ1n) is 6.55. The van der Waals surface area contributed by atoms with Crippen LogP contribution >= 0.6 is 7.82 Å². The van der Waals surface area contributed by atoms with Gasteiger partial charge in [0.2, 0.25) is 0 Å². The van der Waals surface area contributed by atoms with Gasteiger partial charge in [0.05, 0.1) is 16.0 Å². The van der Waals surface area contributed by atoms with Crippen molar-refractivity contribution >= 4 is 7.82 Å². The first kappa shape index (κ1) is 12.5. The third kappa shape index (κ3) is 5.36. The second-order valence-corrected chi connectivity index (χ2v) is 3.69. The zero-order valence-corrected chi connectivity index (χ0v) is 14.2. The smallest absolute Gasteiger partial charge is 0.790 e. The Morgan fingerprint density at radius 2 is 1.17 bits per heavy atom. The summed E-state index contributed by atoms with van der Waals surface area (Å²) in [5, 5.41) is 47.9. The van der Waals surface area contributed by atoms with Gasteiger partial charge < -0.3 is 44.4 Å². The maximum atomic E-state index is 10.6. The first-order valence-corrected chi connectivity index (χ1v) is 5.01. The molecule has 0 spiro atoms. The Balaban J connectivity index is 0. The van der Waals surface area contributed by atoms with E-state index in [-0.39, 0.29) is 59.1 Å². The summed E-state index contributed by atoms with van der Waals surface area (Å²) in [4.78, 5) is 21.2. The van der Waals surface area contributed by atoms with Gasteiger partial charge >= 0.3 is 59.1 Å². The molecule has 1 fully saturated rings. The van der Waals surface area contributed by atoms with E-state index in [0.717, 1.165) is 0 Å². The van der Waals surface area contributed by atoms with Gasteiger partial charge in [-0.25, -0.2) is 0 Å². The summed E-state index contributed by atoms with van der Waals surface area (Å²) in [6.07, 6.45) is -27.0. The van der Waals surface area contributed by atoms with Crippen LogP contribution in [-0.4, -0.2) is 62.0 Å². The Morgan fingerprint density at radius 1 is 0.889 bits per heavy atom. The number of aliphatic hydroxyl groups is 5. The third-order valence-electron chi connectivity index (χ3n) is 1.53. The molecule has 0 aromatic heterocycles. The third-order valence-corrected chi connectivity index (χ3v) is 1.94. The molecule has 1 rings (SSSR count). The molecule has 12 heteroatoms. The van der Waals surface area contributed by atoms with E-state index in [1.165, 1.54) is 0 Å². The van der Waals surface area contributed by atoms with Crippen molar-refractivity contribution in [3.63, 3.8) is 0 Å². The van der Waals surface area contributed by atoms with Gasteiger partial charge in [0.25, 0.3) is 0 Å². The van der Waals surface area contributed by atoms with Crippen molar-refractivity contribution in [3.05, 3.63) is 0 Å². The fraction of sp³-hybridized carbons (Fsp3) is 1.00. The van der Waals surface area contributed by atoms with Crippen molar-refractivity contribution in [3.8, 4) is 0 Å². The van der Waals surface area contributed by atoms with Gasteiger partial charge in [-0.3, -0.25) is 0 Å². The SMILES string of the molecule is [2H]C1(OP(=O)([O-])[O-])[C@]([2H])(O)[C@@]([2H])(O)C([2H])(O)[C@@]([2H])(O)[C@@]1([2H])O.[Na+].[Na+]. The Morgan fingerprint density at radius 3 is 1.44 bits per heavy atom. The van der Waals surface area contributed by atoms with Crippen LogP contribution in [0.1, 0.15) is 8.22 Å². The molecule has 0 saturated heterocycles. The van der Waals surface area contributed by atoms with E-state index >= 15 is 0 Å². The zero-order chi connectivity index (χ0) is 18.2. The molecule has 0 heterocycles. The average Bonchev–Trinajstić information content (AvgIpc) is 2.23. The van der Waals surface area contributed by atoms with E-state index in [9.17, 15) is 39.9 Å². The largest absolute Gasteiger partial charge is 1.00 e. The maximum Gasteiger partial charge on any atom is 1.00 e. The van der Waals surface area contributed by atoms with Crippen LogP contribution in [0.4, 0.5) is 0 Å². The zero-order valence-electron chi connectivity index (χ0n) is 15.3. The van der Waals surface area contributed by atoms with Crippen molar-refractivity contribution < 1.29 is 112 Å². The molecule has 18 heavy (non-hydrogen) atoms. The number of phosphoric ester groups is 1. The molecular formula is C6H11Na2O9P. The monoisotopic (exact) mass is 310 g/mol. The summed E-state index contributed by atoms with van der Waals surface area (Å²) < 4.78 is 57.1. The maximum absolute atomic E-state index is 10.6. The first-order chi connectivity index (χ1) is 9.21. The summed E-state index contributed by atoms with van der Waals surface area (Å²) in [6, 6.07) is 0. The second-order valence-electron chi connectivity index (χ2n) is 2.61. The van der Waals surface area contributed by atoms with Crippen LogP contribution in [0.15, 0.2) is 0 Å². The molecule has 6 atom stereocenters. The molecule has 1 aliphatic rings. The fourth-order valence-electron chi connectivity index (χ4n) is 0.862. The normalized spacial score (nSPS) is 69.9. The molecule has 0 bridgehead atoms. The van der Waals surface area contributed by atoms with Crippen molar-refractivity contribution in [2.24, 2.45) is 0 Å². The van der Waals surface area contributed by atoms with E-state index < -0.39 is 44.3 Å². The predicted octanol–water partition coefficient (Wildman–Crippen LogP) is -11.0. The number of hydrogen-bond donors (Lipinski definition) is 5. The van der Waals surface area contributed by atoms with Gasteiger partial charge in [0, 0.05) is 0 Å². The van der Waals surface area contributed by atoms with Gasteiger partial charge in [-0.2, -0.15) is 0 Å². The number of phosphoric acid groups is 1. The number of hydrogen-bond acceptors (Lipinski definition) is 9. The standard InChI is InChI=1S/C6H13O9P.2Na/c7-1-2(8)4(10)6(5(11)3(1)9)15-16(12,13)14;;/h1-11H,(H2,12,13,14);;/q;2*+1/p-2/t1?,2-,3+,4-,5-,6?;;/m1../s1/i1D,2D,3D,4D,5D,6D;;. The summed E-state index contributed by atoms with van der Waals surface area (Å²) in [7, 11) is -6.39. The summed E-state index contributed by atoms with van der Waals surface area (Å²) in [5.74, 6) is 0. The van der Waals surface area contributed by atoms with Gasteiger partial charge in [0.15, 0.2) is 0 Å². The van der Waals surface area contributed by atoms with E-state index in [4.69, 9.17) is 8.22 Å². The van der Waals surface area contributed by atoms with Crippen molar-refractivity contribution in [2.75, 3.05) is 0 Å². The van der Waals surface area contributed by atoms with Crippen LogP contribution < -0.4 is 68.9 Å². The molecule has 5 N–H and O–H groups in total. The van der Waals surface area contributed by atoms with Crippen LogP contribution in [-0.2, 0) is 9.09 Å². The van der Waals surface area contributed by atoms with Gasteiger partial charge in [-0.15, -0.1) is 0 Å². The number of rotatable bonds is 2. The van der Waals surface area contributed by atoms with Crippen molar-refractivity contribution in [1.82, 2.24) is 0 Å². The quantitative estimate of drug-likeness (QED) is 0.245. The minimum Gasteiger partial charge on any atom is -0.790 e. The molecule has 9 nitrogen and oxygen atoms in total. The molecule has 0 aliphatic heterocycles. The molecule has 1 aliphatic carbocycles. The minimum absolute atomic E-state index is 0. The van der Waals surface area contributed by atoms with Crippen molar-refractivity contribution in [1.29, 1.82) is 0 Å². The topological polar surface area (TPSA) is 174 Å². The van der Waals surface area contributed by atoms with Crippen LogP contribution in [0.3, 0.4) is 0 Å². The summed E-state index contributed by atoms with van der Waals surface area (Å²) in [5.41, 5.74) is 0. The van der Waals surface area contributed by atoms with Gasteiger partial charge in [-0.05, 0) is 0 Å². The van der Waals surface area contributed by atoms with E-state index in [0.29, 0.717) is 0 Å². The Kier molecular flexibility index (Phi) is 5.80. The molecule has 0 aromatic carbocycles. The van der Waals surface area contributed by atoms with Gasteiger partial charge in [-0.1, -0.05) is 0 Å². The van der Waals surface area contributed by atoms with Crippen molar-refractivity contribution in [2.45, 2.75) is 36.5 Å². The summed E-state index contributed by atoms with van der Waals surface area (Å²) >= 11 is 0. The van der Waals surface area contributed by atoms with Crippen LogP contribution in [0.2, 0.25) is 0 Å². The predicted molar refractivity (Wildman–Crippen MR) is 42.5 cm³/mol. The van der Waals surface area contributed by atoms with Gasteiger partial charge in [0.1, 0.15) is 36.5 Å². The Hall–Kier alpha value is 1.91. The minimum atomic E-state index is -6.39. The van der Waals surface area contributed by atoms with Crippen LogP contribution in [0.5, 0.6) is 0 Å². The average molecular weight is 310 g/mol. The molecular weight excluding hydrogens is 293 g/mol. The molecule has 0 aromatic rings. The Labute approximate surface area is 155 Å². The van der Waals surface area contributed by atoms with Crippen LogP contribution in [0.25, 0.3) is 0 Å². The molecule has 0 amide bonds. The molecule has 2 unspecified atom stereocenters. The van der Waals surface area contributed by atoms with E-state index in [2.05, 4.69) is 4.52 Å². The Bertz CT molecular complexity index is 507. The molecule has 0 radical (unpaired) electrons. The van der Waals surface area contributed by atoms with E-state index in [1.807, 2.05) is 0 Å². The fourth-order valence-corrected chi connectivity index (χ4v) is 1.26. The van der Waals surface area contributed by atoms with Crippen LogP contribution in [0, 0.1) is 0 Å². The second kappa shape index (κ2) is 8.38. The van der Waals surface area contributed by atoms with E-state index in [1.54, 1.807) is 0 Å². The summed E-state index contributed by atoms with van der Waals surface area (Å²) in [6.45, 7) is 0. The molecule has 96 valence electrons.